The van der Waals surface area contributed by atoms with Gasteiger partial charge in [-0.15, -0.1) is 0 Å². The van der Waals surface area contributed by atoms with Gasteiger partial charge in [-0.1, -0.05) is 39.5 Å². The van der Waals surface area contributed by atoms with Crippen LogP contribution in [0.2, 0.25) is 0 Å². The third kappa shape index (κ3) is 2.42. The van der Waals surface area contributed by atoms with Crippen molar-refractivity contribution in [3.05, 3.63) is 0 Å². The topological polar surface area (TPSA) is 49.8 Å². The molecule has 104 valence electrons. The van der Waals surface area contributed by atoms with Gasteiger partial charge in [0.25, 0.3) is 0 Å². The Labute approximate surface area is 110 Å². The first-order valence-electron chi connectivity index (χ1n) is 7.39. The van der Waals surface area contributed by atoms with Crippen molar-refractivity contribution in [2.45, 2.75) is 71.5 Å². The van der Waals surface area contributed by atoms with Crippen molar-refractivity contribution in [3.63, 3.8) is 0 Å². The minimum Gasteiger partial charge on any atom is -0.481 e. The molecule has 0 radical (unpaired) electrons. The number of carboxylic acids is 1. The molecule has 0 aromatic heterocycles. The van der Waals surface area contributed by atoms with E-state index in [0.717, 1.165) is 19.3 Å². The van der Waals surface area contributed by atoms with E-state index in [0.29, 0.717) is 12.0 Å². The maximum atomic E-state index is 11.6. The van der Waals surface area contributed by atoms with E-state index in [9.17, 15) is 9.90 Å². The third-order valence-electron chi connectivity index (χ3n) is 4.94. The summed E-state index contributed by atoms with van der Waals surface area (Å²) in [6, 6.07) is 0. The van der Waals surface area contributed by atoms with E-state index in [1.807, 2.05) is 6.92 Å². The van der Waals surface area contributed by atoms with E-state index in [-0.39, 0.29) is 12.0 Å². The van der Waals surface area contributed by atoms with E-state index in [1.54, 1.807) is 0 Å². The lowest BCUT2D eigenvalue weighted by molar-refractivity contribution is -0.154. The molecular weight excluding hydrogens is 228 g/mol. The number of rotatable bonds is 6. The number of hydrogen-bond donors (Lipinski definition) is 1. The first-order chi connectivity index (χ1) is 8.50. The fourth-order valence-electron chi connectivity index (χ4n) is 3.74. The van der Waals surface area contributed by atoms with E-state index in [2.05, 4.69) is 13.8 Å². The SMILES string of the molecule is CCCCCCC1C2OC2C(C)CC1(C)C(=O)O. The second kappa shape index (κ2) is 5.20. The molecule has 2 fully saturated rings. The Morgan fingerprint density at radius 1 is 1.33 bits per heavy atom. The Bertz CT molecular complexity index is 315. The minimum absolute atomic E-state index is 0.216. The second-order valence-corrected chi connectivity index (χ2v) is 6.43. The van der Waals surface area contributed by atoms with Crippen LogP contribution in [0.4, 0.5) is 0 Å². The predicted molar refractivity (Wildman–Crippen MR) is 70.4 cm³/mol. The number of unbranched alkanes of at least 4 members (excludes halogenated alkanes) is 3. The van der Waals surface area contributed by atoms with Gasteiger partial charge < -0.3 is 9.84 Å². The Hall–Kier alpha value is -0.570. The predicted octanol–water partition coefficient (Wildman–Crippen LogP) is 3.47. The molecule has 18 heavy (non-hydrogen) atoms. The molecule has 1 N–H and O–H groups in total. The molecule has 0 amide bonds. The summed E-state index contributed by atoms with van der Waals surface area (Å²) >= 11 is 0. The Kier molecular flexibility index (Phi) is 4.00. The van der Waals surface area contributed by atoms with Crippen LogP contribution in [0.25, 0.3) is 0 Å². The Balaban J connectivity index is 1.98. The van der Waals surface area contributed by atoms with E-state index < -0.39 is 11.4 Å². The number of carbonyl (C=O) groups is 1. The van der Waals surface area contributed by atoms with Gasteiger partial charge >= 0.3 is 5.97 Å². The van der Waals surface area contributed by atoms with Gasteiger partial charge in [0, 0.05) is 5.92 Å². The van der Waals surface area contributed by atoms with Gasteiger partial charge in [0.1, 0.15) is 0 Å². The minimum atomic E-state index is -0.635. The van der Waals surface area contributed by atoms with E-state index in [4.69, 9.17) is 4.74 Å². The van der Waals surface area contributed by atoms with Gasteiger partial charge in [-0.2, -0.15) is 0 Å². The molecular formula is C15H26O3. The van der Waals surface area contributed by atoms with Gasteiger partial charge in [0.05, 0.1) is 17.6 Å². The van der Waals surface area contributed by atoms with Crippen LogP contribution in [0.15, 0.2) is 0 Å². The van der Waals surface area contributed by atoms with Crippen LogP contribution in [0.1, 0.15) is 59.3 Å². The highest BCUT2D eigenvalue weighted by atomic mass is 16.6. The largest absolute Gasteiger partial charge is 0.481 e. The molecule has 3 nitrogen and oxygen atoms in total. The lowest BCUT2D eigenvalue weighted by atomic mass is 9.63. The van der Waals surface area contributed by atoms with Gasteiger partial charge in [0.2, 0.25) is 0 Å². The molecule has 1 aliphatic carbocycles. The van der Waals surface area contributed by atoms with Crippen molar-refractivity contribution in [3.8, 4) is 0 Å². The zero-order chi connectivity index (χ0) is 13.3. The van der Waals surface area contributed by atoms with E-state index in [1.165, 1.54) is 19.3 Å². The average molecular weight is 254 g/mol. The van der Waals surface area contributed by atoms with Gasteiger partial charge in [0.15, 0.2) is 0 Å². The van der Waals surface area contributed by atoms with Crippen molar-refractivity contribution >= 4 is 5.97 Å². The molecule has 0 aromatic rings. The fourth-order valence-corrected chi connectivity index (χ4v) is 3.74. The summed E-state index contributed by atoms with van der Waals surface area (Å²) in [5.41, 5.74) is -0.580. The summed E-state index contributed by atoms with van der Waals surface area (Å²) in [6.45, 7) is 6.25. The molecule has 5 unspecified atom stereocenters. The molecule has 0 spiro atoms. The summed E-state index contributed by atoms with van der Waals surface area (Å²) in [7, 11) is 0. The van der Waals surface area contributed by atoms with Gasteiger partial charge in [-0.3, -0.25) is 4.79 Å². The molecule has 1 heterocycles. The summed E-state index contributed by atoms with van der Waals surface area (Å²) < 4.78 is 5.74. The van der Waals surface area contributed by atoms with Crippen molar-refractivity contribution < 1.29 is 14.6 Å². The standard InChI is InChI=1S/C15H26O3/c1-4-5-6-7-8-11-13-12(18-13)10(2)9-15(11,3)14(16)17/h10-13H,4-9H2,1-3H3,(H,16,17). The van der Waals surface area contributed by atoms with Crippen LogP contribution in [-0.4, -0.2) is 23.3 Å². The molecule has 2 aliphatic rings. The highest BCUT2D eigenvalue weighted by Gasteiger charge is 2.61. The van der Waals surface area contributed by atoms with Crippen LogP contribution >= 0.6 is 0 Å². The highest BCUT2D eigenvalue weighted by molar-refractivity contribution is 5.75. The Morgan fingerprint density at radius 2 is 2.06 bits per heavy atom. The van der Waals surface area contributed by atoms with Crippen LogP contribution in [0, 0.1) is 17.3 Å². The summed E-state index contributed by atoms with van der Waals surface area (Å²) in [4.78, 5) is 11.6. The number of hydrogen-bond acceptors (Lipinski definition) is 2. The number of carboxylic acid groups (broad SMARTS) is 1. The third-order valence-corrected chi connectivity index (χ3v) is 4.94. The molecule has 3 heteroatoms. The molecule has 1 aliphatic heterocycles. The maximum Gasteiger partial charge on any atom is 0.309 e. The number of aliphatic carboxylic acids is 1. The highest BCUT2D eigenvalue weighted by Crippen LogP contribution is 2.54. The van der Waals surface area contributed by atoms with Crippen LogP contribution in [0.3, 0.4) is 0 Å². The molecule has 0 bridgehead atoms. The summed E-state index contributed by atoms with van der Waals surface area (Å²) in [5.74, 6) is -0.0279. The van der Waals surface area contributed by atoms with Crippen LogP contribution in [0.5, 0.6) is 0 Å². The lowest BCUT2D eigenvalue weighted by Crippen LogP contribution is -2.45. The van der Waals surface area contributed by atoms with Gasteiger partial charge in [-0.25, -0.2) is 0 Å². The van der Waals surface area contributed by atoms with E-state index >= 15 is 0 Å². The number of ether oxygens (including phenoxy) is 1. The van der Waals surface area contributed by atoms with Crippen molar-refractivity contribution in [1.29, 1.82) is 0 Å². The summed E-state index contributed by atoms with van der Waals surface area (Å²) in [6.07, 6.45) is 7.17. The van der Waals surface area contributed by atoms with Crippen LogP contribution in [-0.2, 0) is 9.53 Å². The smallest absolute Gasteiger partial charge is 0.309 e. The molecule has 0 aromatic carbocycles. The van der Waals surface area contributed by atoms with Crippen LogP contribution < -0.4 is 0 Å². The average Bonchev–Trinajstić information content (AvgIpc) is 3.08. The molecule has 5 atom stereocenters. The fraction of sp³-hybridized carbons (Fsp3) is 0.933. The zero-order valence-corrected chi connectivity index (χ0v) is 11.8. The maximum absolute atomic E-state index is 11.6. The molecule has 2 rings (SSSR count). The first kappa shape index (κ1) is 13.9. The number of fused-ring (bicyclic) bond motifs is 1. The van der Waals surface area contributed by atoms with Gasteiger partial charge in [-0.05, 0) is 25.7 Å². The second-order valence-electron chi connectivity index (χ2n) is 6.43. The normalized spacial score (nSPS) is 42.4. The monoisotopic (exact) mass is 254 g/mol. The van der Waals surface area contributed by atoms with Crippen molar-refractivity contribution in [2.75, 3.05) is 0 Å². The summed E-state index contributed by atoms with van der Waals surface area (Å²) in [5, 5.41) is 9.57. The zero-order valence-electron chi connectivity index (χ0n) is 11.8. The van der Waals surface area contributed by atoms with Crippen molar-refractivity contribution in [2.24, 2.45) is 17.3 Å². The van der Waals surface area contributed by atoms with Crippen molar-refractivity contribution in [1.82, 2.24) is 0 Å². The molecule has 1 saturated heterocycles. The first-order valence-corrected chi connectivity index (χ1v) is 7.39. The molecule has 1 saturated carbocycles. The Morgan fingerprint density at radius 3 is 2.67 bits per heavy atom. The lowest BCUT2D eigenvalue weighted by Gasteiger charge is -2.38. The quantitative estimate of drug-likeness (QED) is 0.583. The number of epoxide rings is 1.